The molecule has 1 aromatic heterocycles. The smallest absolute Gasteiger partial charge is 0.256 e. The molecule has 0 bridgehead atoms. The molecule has 1 N–H and O–H groups in total. The molecule has 0 saturated carbocycles. The SMILES string of the molecule is COc1ccc(C(O)CN(C)C(=O)c2cc3cc(C)cc(C)c3nc2Cl)cc1. The molecule has 1 amide bonds. The van der Waals surface area contributed by atoms with E-state index in [9.17, 15) is 9.90 Å². The summed E-state index contributed by atoms with van der Waals surface area (Å²) in [5, 5.41) is 11.5. The standard InChI is InChI=1S/C22H23ClN2O3/c1-13-9-14(2)20-16(10-13)11-18(21(23)24-20)22(27)25(3)12-19(26)15-5-7-17(28-4)8-6-15/h5-11,19,26H,12H2,1-4H3. The van der Waals surface area contributed by atoms with E-state index in [-0.39, 0.29) is 17.6 Å². The van der Waals surface area contributed by atoms with Gasteiger partial charge < -0.3 is 14.7 Å². The van der Waals surface area contributed by atoms with Crippen molar-refractivity contribution in [2.24, 2.45) is 0 Å². The van der Waals surface area contributed by atoms with Crippen LogP contribution < -0.4 is 4.74 Å². The van der Waals surface area contributed by atoms with Crippen LogP contribution in [-0.4, -0.2) is 41.6 Å². The zero-order valence-electron chi connectivity index (χ0n) is 16.4. The average Bonchev–Trinajstić information content (AvgIpc) is 2.67. The molecule has 6 heteroatoms. The van der Waals surface area contributed by atoms with Crippen molar-refractivity contribution in [1.82, 2.24) is 9.88 Å². The molecule has 1 unspecified atom stereocenters. The van der Waals surface area contributed by atoms with Crippen LogP contribution in [0.1, 0.15) is 33.2 Å². The molecule has 0 saturated heterocycles. The normalized spacial score (nSPS) is 12.1. The number of carbonyl (C=O) groups is 1. The van der Waals surface area contributed by atoms with Gasteiger partial charge in [-0.15, -0.1) is 0 Å². The van der Waals surface area contributed by atoms with Crippen LogP contribution in [0.2, 0.25) is 5.15 Å². The minimum Gasteiger partial charge on any atom is -0.497 e. The van der Waals surface area contributed by atoms with Gasteiger partial charge in [-0.1, -0.05) is 35.4 Å². The highest BCUT2D eigenvalue weighted by Gasteiger charge is 2.20. The van der Waals surface area contributed by atoms with E-state index in [1.807, 2.05) is 26.0 Å². The first-order valence-electron chi connectivity index (χ1n) is 8.95. The van der Waals surface area contributed by atoms with Gasteiger partial charge in [0.1, 0.15) is 10.9 Å². The number of halogens is 1. The topological polar surface area (TPSA) is 62.7 Å². The lowest BCUT2D eigenvalue weighted by Gasteiger charge is -2.22. The number of fused-ring (bicyclic) bond motifs is 1. The maximum atomic E-state index is 12.9. The number of methoxy groups -OCH3 is 1. The average molecular weight is 399 g/mol. The summed E-state index contributed by atoms with van der Waals surface area (Å²) in [6.07, 6.45) is -0.823. The number of pyridine rings is 1. The molecule has 0 fully saturated rings. The summed E-state index contributed by atoms with van der Waals surface area (Å²) in [4.78, 5) is 18.8. The molecule has 0 aliphatic heterocycles. The molecule has 28 heavy (non-hydrogen) atoms. The van der Waals surface area contributed by atoms with Crippen molar-refractivity contribution in [3.05, 3.63) is 69.9 Å². The Hall–Kier alpha value is -2.63. The van der Waals surface area contributed by atoms with E-state index in [0.717, 1.165) is 22.0 Å². The van der Waals surface area contributed by atoms with Gasteiger partial charge >= 0.3 is 0 Å². The van der Waals surface area contributed by atoms with Crippen molar-refractivity contribution in [2.45, 2.75) is 20.0 Å². The van der Waals surface area contributed by atoms with Gasteiger partial charge in [0, 0.05) is 12.4 Å². The Bertz CT molecular complexity index is 1020. The van der Waals surface area contributed by atoms with Crippen LogP contribution in [0.25, 0.3) is 10.9 Å². The number of hydrogen-bond acceptors (Lipinski definition) is 4. The van der Waals surface area contributed by atoms with Gasteiger partial charge in [-0.05, 0) is 49.2 Å². The van der Waals surface area contributed by atoms with Crippen molar-refractivity contribution in [3.63, 3.8) is 0 Å². The fraction of sp³-hybridized carbons (Fsp3) is 0.273. The second-order valence-corrected chi connectivity index (χ2v) is 7.31. The number of hydrogen-bond donors (Lipinski definition) is 1. The van der Waals surface area contributed by atoms with Gasteiger partial charge in [0.15, 0.2) is 0 Å². The molecule has 5 nitrogen and oxygen atoms in total. The third kappa shape index (κ3) is 4.11. The lowest BCUT2D eigenvalue weighted by atomic mass is 10.0. The third-order valence-electron chi connectivity index (χ3n) is 4.73. The molecule has 1 heterocycles. The van der Waals surface area contributed by atoms with Crippen molar-refractivity contribution >= 4 is 28.4 Å². The number of rotatable bonds is 5. The van der Waals surface area contributed by atoms with Crippen molar-refractivity contribution < 1.29 is 14.6 Å². The summed E-state index contributed by atoms with van der Waals surface area (Å²) in [6, 6.07) is 12.9. The lowest BCUT2D eigenvalue weighted by molar-refractivity contribution is 0.0681. The second-order valence-electron chi connectivity index (χ2n) is 6.95. The highest BCUT2D eigenvalue weighted by Crippen LogP contribution is 2.26. The van der Waals surface area contributed by atoms with E-state index in [1.165, 1.54) is 4.90 Å². The van der Waals surface area contributed by atoms with Crippen molar-refractivity contribution in [2.75, 3.05) is 20.7 Å². The van der Waals surface area contributed by atoms with Gasteiger partial charge in [-0.2, -0.15) is 0 Å². The lowest BCUT2D eigenvalue weighted by Crippen LogP contribution is -2.31. The van der Waals surface area contributed by atoms with Crippen LogP contribution in [0.5, 0.6) is 5.75 Å². The van der Waals surface area contributed by atoms with Crippen molar-refractivity contribution in [3.8, 4) is 5.75 Å². The summed E-state index contributed by atoms with van der Waals surface area (Å²) in [7, 11) is 3.22. The van der Waals surface area contributed by atoms with Crippen LogP contribution in [0, 0.1) is 13.8 Å². The number of aryl methyl sites for hydroxylation is 2. The van der Waals surface area contributed by atoms with Crippen LogP contribution in [-0.2, 0) is 0 Å². The Kier molecular flexibility index (Phi) is 5.87. The number of aliphatic hydroxyl groups is 1. The molecule has 0 spiro atoms. The maximum absolute atomic E-state index is 12.9. The molecule has 0 aliphatic carbocycles. The number of aliphatic hydroxyl groups excluding tert-OH is 1. The van der Waals surface area contributed by atoms with E-state index in [1.54, 1.807) is 44.5 Å². The van der Waals surface area contributed by atoms with E-state index in [0.29, 0.717) is 16.9 Å². The molecule has 1 atom stereocenters. The highest BCUT2D eigenvalue weighted by atomic mass is 35.5. The summed E-state index contributed by atoms with van der Waals surface area (Å²) < 4.78 is 5.12. The van der Waals surface area contributed by atoms with Gasteiger partial charge in [0.25, 0.3) is 5.91 Å². The number of carbonyl (C=O) groups excluding carboxylic acids is 1. The molecule has 3 rings (SSSR count). The first-order valence-corrected chi connectivity index (χ1v) is 9.33. The van der Waals surface area contributed by atoms with Crippen LogP contribution in [0.15, 0.2) is 42.5 Å². The van der Waals surface area contributed by atoms with E-state index >= 15 is 0 Å². The summed E-state index contributed by atoms with van der Waals surface area (Å²) >= 11 is 6.31. The minimum atomic E-state index is -0.823. The van der Waals surface area contributed by atoms with E-state index in [2.05, 4.69) is 4.98 Å². The van der Waals surface area contributed by atoms with Gasteiger partial charge in [-0.25, -0.2) is 4.98 Å². The zero-order valence-corrected chi connectivity index (χ0v) is 17.1. The minimum absolute atomic E-state index is 0.131. The zero-order chi connectivity index (χ0) is 20.4. The van der Waals surface area contributed by atoms with Crippen LogP contribution in [0.3, 0.4) is 0 Å². The fourth-order valence-corrected chi connectivity index (χ4v) is 3.48. The Balaban J connectivity index is 1.83. The Morgan fingerprint density at radius 2 is 1.89 bits per heavy atom. The maximum Gasteiger partial charge on any atom is 0.256 e. The second kappa shape index (κ2) is 8.17. The molecule has 0 radical (unpaired) electrons. The molecule has 146 valence electrons. The Labute approximate surface area is 169 Å². The van der Waals surface area contributed by atoms with Gasteiger partial charge in [0.05, 0.1) is 30.8 Å². The Morgan fingerprint density at radius 1 is 1.21 bits per heavy atom. The summed E-state index contributed by atoms with van der Waals surface area (Å²) in [5.41, 5.74) is 3.92. The first kappa shape index (κ1) is 20.1. The number of ether oxygens (including phenoxy) is 1. The van der Waals surface area contributed by atoms with Crippen LogP contribution >= 0.6 is 11.6 Å². The third-order valence-corrected chi connectivity index (χ3v) is 5.02. The molecular weight excluding hydrogens is 376 g/mol. The largest absolute Gasteiger partial charge is 0.497 e. The monoisotopic (exact) mass is 398 g/mol. The predicted molar refractivity (Wildman–Crippen MR) is 111 cm³/mol. The fourth-order valence-electron chi connectivity index (χ4n) is 3.26. The molecule has 0 aliphatic rings. The molecule has 3 aromatic rings. The quantitative estimate of drug-likeness (QED) is 0.650. The number of aromatic nitrogens is 1. The first-order chi connectivity index (χ1) is 13.3. The van der Waals surface area contributed by atoms with E-state index in [4.69, 9.17) is 16.3 Å². The van der Waals surface area contributed by atoms with Crippen molar-refractivity contribution in [1.29, 1.82) is 0 Å². The predicted octanol–water partition coefficient (Wildman–Crippen LogP) is 4.32. The number of benzene rings is 2. The van der Waals surface area contributed by atoms with Crippen LogP contribution in [0.4, 0.5) is 0 Å². The highest BCUT2D eigenvalue weighted by molar-refractivity contribution is 6.33. The van der Waals surface area contributed by atoms with E-state index < -0.39 is 6.10 Å². The Morgan fingerprint density at radius 3 is 2.54 bits per heavy atom. The van der Waals surface area contributed by atoms with Gasteiger partial charge in [-0.3, -0.25) is 4.79 Å². The molecule has 2 aromatic carbocycles. The number of amides is 1. The molecular formula is C22H23ClN2O3. The number of nitrogens with zero attached hydrogens (tertiary/aromatic N) is 2. The summed E-state index contributed by atoms with van der Waals surface area (Å²) in [5.74, 6) is 0.422. The van der Waals surface area contributed by atoms with Gasteiger partial charge in [0.2, 0.25) is 0 Å². The summed E-state index contributed by atoms with van der Waals surface area (Å²) in [6.45, 7) is 4.10. The number of likely N-dealkylation sites (N-methyl/N-ethyl adjacent to an activating group) is 1.